The number of nitrogens with one attached hydrogen (secondary N) is 2. The van der Waals surface area contributed by atoms with E-state index in [1.165, 1.54) is 12.4 Å². The maximum atomic E-state index is 15.7. The fourth-order valence-electron chi connectivity index (χ4n) is 5.36. The Labute approximate surface area is 255 Å². The number of nitrogens with zero attached hydrogens (tertiary/aromatic N) is 6. The number of halogens is 3. The average molecular weight is 631 g/mol. The fraction of sp³-hybridized carbons (Fsp3) is 0.161. The molecular weight excluding hydrogens is 605 g/mol. The van der Waals surface area contributed by atoms with Gasteiger partial charge in [-0.2, -0.15) is 0 Å². The summed E-state index contributed by atoms with van der Waals surface area (Å²) in [5.74, 6) is -1.68. The zero-order valence-corrected chi connectivity index (χ0v) is 24.6. The van der Waals surface area contributed by atoms with E-state index in [1.54, 1.807) is 48.1 Å². The molecule has 0 amide bonds. The van der Waals surface area contributed by atoms with Gasteiger partial charge in [-0.3, -0.25) is 14.2 Å². The van der Waals surface area contributed by atoms with E-state index >= 15 is 8.78 Å². The van der Waals surface area contributed by atoms with Crippen LogP contribution < -0.4 is 10.0 Å². The zero-order chi connectivity index (χ0) is 31.3. The Bertz CT molecular complexity index is 2200. The number of hydrogen-bond donors (Lipinski definition) is 2. The number of likely N-dealkylation sites (tertiary alicyclic amines) is 1. The quantitative estimate of drug-likeness (QED) is 0.222. The summed E-state index contributed by atoms with van der Waals surface area (Å²) >= 11 is 0. The number of anilines is 3. The lowest BCUT2D eigenvalue weighted by molar-refractivity contribution is 0.0594. The van der Waals surface area contributed by atoms with Crippen molar-refractivity contribution in [3.05, 3.63) is 102 Å². The minimum atomic E-state index is -4.17. The molecule has 0 radical (unpaired) electrons. The third kappa shape index (κ3) is 5.31. The SMILES string of the molecule is Cc1ccccc1S(=O)(=O)Nc1ccc(F)c(Nc2ncnc3ccc(-n4cnc5c(CN6CC(F)C6)cccc54)nc23)c1F. The lowest BCUT2D eigenvalue weighted by Crippen LogP contribution is -2.47. The normalized spacial score (nSPS) is 14.1. The number of alkyl halides is 1. The van der Waals surface area contributed by atoms with Crippen molar-refractivity contribution in [1.82, 2.24) is 29.4 Å². The molecule has 2 N–H and O–H groups in total. The van der Waals surface area contributed by atoms with Crippen molar-refractivity contribution in [3.63, 3.8) is 0 Å². The van der Waals surface area contributed by atoms with Crippen LogP contribution in [0.1, 0.15) is 11.1 Å². The summed E-state index contributed by atoms with van der Waals surface area (Å²) in [7, 11) is -4.17. The molecule has 1 aliphatic heterocycles. The van der Waals surface area contributed by atoms with Crippen molar-refractivity contribution >= 4 is 49.3 Å². The number of rotatable bonds is 8. The van der Waals surface area contributed by atoms with Crippen molar-refractivity contribution in [1.29, 1.82) is 0 Å². The number of fused-ring (bicyclic) bond motifs is 2. The van der Waals surface area contributed by atoms with Crippen LogP contribution in [0.5, 0.6) is 0 Å². The first-order valence-electron chi connectivity index (χ1n) is 13.9. The molecule has 0 spiro atoms. The number of aryl methyl sites for hydroxylation is 1. The van der Waals surface area contributed by atoms with Gasteiger partial charge >= 0.3 is 0 Å². The first kappa shape index (κ1) is 28.7. The molecule has 45 heavy (non-hydrogen) atoms. The Morgan fingerprint density at radius 1 is 0.933 bits per heavy atom. The van der Waals surface area contributed by atoms with E-state index in [-0.39, 0.29) is 16.2 Å². The second-order valence-electron chi connectivity index (χ2n) is 10.7. The van der Waals surface area contributed by atoms with Gasteiger partial charge in [0.25, 0.3) is 10.0 Å². The standard InChI is InChI=1S/C31H25F3N8O2S/c1-18-5-2-3-8-25(18)45(43,44)40-22-10-9-21(33)29(27(22)34)39-31-30-23(35-16-36-31)11-12-26(38-30)42-17-37-28-19(6-4-7-24(28)42)13-41-14-20(32)15-41/h2-12,16-17,20,40H,13-15H2,1H3,(H,35,36,39). The van der Waals surface area contributed by atoms with E-state index in [0.29, 0.717) is 36.5 Å². The smallest absolute Gasteiger partial charge is 0.262 e. The van der Waals surface area contributed by atoms with Gasteiger partial charge in [0.05, 0.1) is 27.1 Å². The van der Waals surface area contributed by atoms with Gasteiger partial charge < -0.3 is 5.32 Å². The maximum Gasteiger partial charge on any atom is 0.262 e. The highest BCUT2D eigenvalue weighted by Crippen LogP contribution is 2.32. The van der Waals surface area contributed by atoms with Crippen molar-refractivity contribution in [2.45, 2.75) is 24.5 Å². The minimum Gasteiger partial charge on any atom is -0.333 e. The van der Waals surface area contributed by atoms with Gasteiger partial charge in [-0.25, -0.2) is 41.5 Å². The van der Waals surface area contributed by atoms with Crippen molar-refractivity contribution in [2.75, 3.05) is 23.1 Å². The molecule has 7 rings (SSSR count). The van der Waals surface area contributed by atoms with Crippen LogP contribution in [0.15, 0.2) is 84.3 Å². The number of hydrogen-bond acceptors (Lipinski definition) is 8. The van der Waals surface area contributed by atoms with Gasteiger partial charge in [-0.1, -0.05) is 30.3 Å². The second-order valence-corrected chi connectivity index (χ2v) is 12.4. The molecule has 0 atom stereocenters. The molecule has 3 aromatic carbocycles. The van der Waals surface area contributed by atoms with Gasteiger partial charge in [-0.15, -0.1) is 0 Å². The number of pyridine rings is 1. The first-order chi connectivity index (χ1) is 21.7. The van der Waals surface area contributed by atoms with E-state index in [9.17, 15) is 12.8 Å². The van der Waals surface area contributed by atoms with Crippen LogP contribution >= 0.6 is 0 Å². The zero-order valence-electron chi connectivity index (χ0n) is 23.7. The highest BCUT2D eigenvalue weighted by molar-refractivity contribution is 7.92. The number of benzene rings is 3. The van der Waals surface area contributed by atoms with Gasteiger partial charge in [0.15, 0.2) is 11.6 Å². The van der Waals surface area contributed by atoms with Gasteiger partial charge in [0, 0.05) is 19.6 Å². The summed E-state index contributed by atoms with van der Waals surface area (Å²) in [6, 6.07) is 17.4. The molecule has 0 unspecified atom stereocenters. The lowest BCUT2D eigenvalue weighted by Gasteiger charge is -2.34. The van der Waals surface area contributed by atoms with E-state index < -0.39 is 39.2 Å². The molecule has 1 aliphatic rings. The van der Waals surface area contributed by atoms with Crippen LogP contribution in [0.2, 0.25) is 0 Å². The molecule has 228 valence electrons. The van der Waals surface area contributed by atoms with Crippen molar-refractivity contribution < 1.29 is 21.6 Å². The Kier molecular flexibility index (Phi) is 7.09. The van der Waals surface area contributed by atoms with Crippen LogP contribution in [-0.4, -0.2) is 57.1 Å². The highest BCUT2D eigenvalue weighted by atomic mass is 32.2. The van der Waals surface area contributed by atoms with E-state index in [1.807, 2.05) is 23.1 Å². The van der Waals surface area contributed by atoms with Crippen LogP contribution in [0, 0.1) is 18.6 Å². The predicted molar refractivity (Wildman–Crippen MR) is 164 cm³/mol. The topological polar surface area (TPSA) is 118 Å². The summed E-state index contributed by atoms with van der Waals surface area (Å²) in [6.45, 7) is 2.97. The lowest BCUT2D eigenvalue weighted by atomic mass is 10.1. The molecule has 1 saturated heterocycles. The van der Waals surface area contributed by atoms with E-state index in [0.717, 1.165) is 28.7 Å². The molecule has 1 fully saturated rings. The van der Waals surface area contributed by atoms with Crippen molar-refractivity contribution in [2.24, 2.45) is 0 Å². The summed E-state index contributed by atoms with van der Waals surface area (Å²) in [4.78, 5) is 19.7. The molecule has 14 heteroatoms. The van der Waals surface area contributed by atoms with E-state index in [2.05, 4.69) is 25.0 Å². The molecule has 10 nitrogen and oxygen atoms in total. The summed E-state index contributed by atoms with van der Waals surface area (Å²) in [6.07, 6.45) is 2.04. The monoisotopic (exact) mass is 630 g/mol. The van der Waals surface area contributed by atoms with Crippen molar-refractivity contribution in [3.8, 4) is 5.82 Å². The Morgan fingerprint density at radius 3 is 2.56 bits per heavy atom. The number of sulfonamides is 1. The largest absolute Gasteiger partial charge is 0.333 e. The minimum absolute atomic E-state index is 0.00207. The van der Waals surface area contributed by atoms with Crippen LogP contribution in [0.25, 0.3) is 27.9 Å². The number of imidazole rings is 1. The van der Waals surface area contributed by atoms with E-state index in [4.69, 9.17) is 4.98 Å². The van der Waals surface area contributed by atoms with Crippen LogP contribution in [-0.2, 0) is 16.6 Å². The number of para-hydroxylation sites is 1. The van der Waals surface area contributed by atoms with Crippen LogP contribution in [0.3, 0.4) is 0 Å². The van der Waals surface area contributed by atoms with Crippen LogP contribution in [0.4, 0.5) is 30.4 Å². The van der Waals surface area contributed by atoms with Gasteiger partial charge in [0.1, 0.15) is 41.7 Å². The number of aromatic nitrogens is 5. The molecule has 0 bridgehead atoms. The molecule has 0 aliphatic carbocycles. The molecule has 3 aromatic heterocycles. The van der Waals surface area contributed by atoms with Gasteiger partial charge in [-0.05, 0) is 54.4 Å². The molecule has 6 aromatic rings. The average Bonchev–Trinajstić information content (AvgIpc) is 3.45. The Morgan fingerprint density at radius 2 is 1.76 bits per heavy atom. The first-order valence-corrected chi connectivity index (χ1v) is 15.4. The second kappa shape index (κ2) is 11.1. The third-order valence-electron chi connectivity index (χ3n) is 7.64. The fourth-order valence-corrected chi connectivity index (χ4v) is 6.67. The summed E-state index contributed by atoms with van der Waals surface area (Å²) < 4.78 is 74.1. The predicted octanol–water partition coefficient (Wildman–Crippen LogP) is 5.65. The third-order valence-corrected chi connectivity index (χ3v) is 9.17. The Balaban J connectivity index is 1.23. The Hall–Kier alpha value is -5.08. The van der Waals surface area contributed by atoms with Gasteiger partial charge in [0.2, 0.25) is 0 Å². The highest BCUT2D eigenvalue weighted by Gasteiger charge is 2.27. The maximum absolute atomic E-state index is 15.7. The summed E-state index contributed by atoms with van der Waals surface area (Å²) in [5, 5.41) is 2.66. The molecule has 4 heterocycles. The summed E-state index contributed by atoms with van der Waals surface area (Å²) in [5.41, 5.74) is 2.49. The molecule has 0 saturated carbocycles. The molecular formula is C31H25F3N8O2S.